The lowest BCUT2D eigenvalue weighted by Gasteiger charge is -2.35. The number of hydrogen-bond acceptors (Lipinski definition) is 2. The van der Waals surface area contributed by atoms with Gasteiger partial charge in [-0.2, -0.15) is 0 Å². The highest BCUT2D eigenvalue weighted by Crippen LogP contribution is 2.36. The Bertz CT molecular complexity index is 1020. The molecule has 0 radical (unpaired) electrons. The average molecular weight is 429 g/mol. The van der Waals surface area contributed by atoms with Crippen molar-refractivity contribution in [1.29, 1.82) is 0 Å². The predicted molar refractivity (Wildman–Crippen MR) is 118 cm³/mol. The molecule has 150 valence electrons. The normalized spacial score (nSPS) is 18.2. The summed E-state index contributed by atoms with van der Waals surface area (Å²) in [7, 11) is 3.35. The molecule has 3 aromatic carbocycles. The van der Waals surface area contributed by atoms with Gasteiger partial charge in [-0.05, 0) is 35.9 Å². The van der Waals surface area contributed by atoms with E-state index in [1.165, 1.54) is 21.6 Å². The third kappa shape index (κ3) is 4.09. The second-order valence-electron chi connectivity index (χ2n) is 7.32. The van der Waals surface area contributed by atoms with E-state index >= 15 is 0 Å². The van der Waals surface area contributed by atoms with Gasteiger partial charge in [-0.3, -0.25) is 0 Å². The summed E-state index contributed by atoms with van der Waals surface area (Å²) >= 11 is 12.8. The molecular formula is C24H24Cl2NO2+. The van der Waals surface area contributed by atoms with Crippen LogP contribution >= 0.6 is 23.2 Å². The zero-order valence-electron chi connectivity index (χ0n) is 16.5. The first kappa shape index (κ1) is 20.1. The van der Waals surface area contributed by atoms with Crippen molar-refractivity contribution in [3.63, 3.8) is 0 Å². The van der Waals surface area contributed by atoms with Crippen LogP contribution in [0.1, 0.15) is 28.3 Å². The van der Waals surface area contributed by atoms with E-state index in [2.05, 4.69) is 30.3 Å². The zero-order chi connectivity index (χ0) is 20.4. The van der Waals surface area contributed by atoms with E-state index in [1.807, 2.05) is 30.3 Å². The second kappa shape index (κ2) is 8.66. The van der Waals surface area contributed by atoms with Crippen molar-refractivity contribution in [1.82, 2.24) is 0 Å². The molecule has 0 bridgehead atoms. The monoisotopic (exact) mass is 428 g/mol. The van der Waals surface area contributed by atoms with E-state index < -0.39 is 0 Å². The van der Waals surface area contributed by atoms with Crippen molar-refractivity contribution in [2.75, 3.05) is 20.8 Å². The quantitative estimate of drug-likeness (QED) is 0.633. The molecule has 1 N–H and O–H groups in total. The number of benzene rings is 3. The molecule has 3 nitrogen and oxygen atoms in total. The molecule has 0 amide bonds. The maximum atomic E-state index is 6.48. The van der Waals surface area contributed by atoms with E-state index in [9.17, 15) is 0 Å². The van der Waals surface area contributed by atoms with E-state index in [0.717, 1.165) is 46.6 Å². The molecule has 0 aliphatic carbocycles. The molecule has 29 heavy (non-hydrogen) atoms. The van der Waals surface area contributed by atoms with Gasteiger partial charge in [0.1, 0.15) is 12.6 Å². The van der Waals surface area contributed by atoms with E-state index in [0.29, 0.717) is 0 Å². The van der Waals surface area contributed by atoms with Gasteiger partial charge in [-0.15, -0.1) is 0 Å². The van der Waals surface area contributed by atoms with Crippen molar-refractivity contribution < 1.29 is 14.4 Å². The fraction of sp³-hybridized carbons (Fsp3) is 0.250. The minimum atomic E-state index is 0.133. The molecule has 4 rings (SSSR count). The Morgan fingerprint density at radius 3 is 2.41 bits per heavy atom. The lowest BCUT2D eigenvalue weighted by Crippen LogP contribution is -3.12. The van der Waals surface area contributed by atoms with Gasteiger partial charge >= 0.3 is 0 Å². The lowest BCUT2D eigenvalue weighted by atomic mass is 9.87. The summed E-state index contributed by atoms with van der Waals surface area (Å²) in [5.74, 6) is 1.52. The van der Waals surface area contributed by atoms with Gasteiger partial charge in [-0.1, -0.05) is 53.5 Å². The molecule has 0 fully saturated rings. The summed E-state index contributed by atoms with van der Waals surface area (Å²) in [6, 6.07) is 20.6. The van der Waals surface area contributed by atoms with Crippen molar-refractivity contribution >= 4 is 23.2 Å². The number of methoxy groups -OCH3 is 2. The van der Waals surface area contributed by atoms with Gasteiger partial charge in [0.15, 0.2) is 11.5 Å². The first-order chi connectivity index (χ1) is 14.1. The molecule has 1 heterocycles. The Morgan fingerprint density at radius 1 is 0.931 bits per heavy atom. The van der Waals surface area contributed by atoms with E-state index in [1.54, 1.807) is 14.2 Å². The summed E-state index contributed by atoms with van der Waals surface area (Å²) in [5, 5.41) is 1.55. The van der Waals surface area contributed by atoms with Crippen LogP contribution in [0.3, 0.4) is 0 Å². The number of fused-ring (bicyclic) bond motifs is 1. The van der Waals surface area contributed by atoms with Crippen LogP contribution in [0, 0.1) is 0 Å². The van der Waals surface area contributed by atoms with Crippen LogP contribution in [0.4, 0.5) is 0 Å². The highest BCUT2D eigenvalue weighted by molar-refractivity contribution is 6.31. The number of ether oxygens (including phenoxy) is 2. The van der Waals surface area contributed by atoms with Crippen LogP contribution in [0.5, 0.6) is 11.5 Å². The fourth-order valence-corrected chi connectivity index (χ4v) is 4.66. The topological polar surface area (TPSA) is 22.9 Å². The third-order valence-corrected chi connectivity index (χ3v) is 6.24. The molecule has 5 heteroatoms. The first-order valence-electron chi connectivity index (χ1n) is 9.69. The number of quaternary nitrogens is 1. The Kier molecular flexibility index (Phi) is 6.00. The molecular weight excluding hydrogens is 405 g/mol. The zero-order valence-corrected chi connectivity index (χ0v) is 18.1. The molecule has 3 aromatic rings. The largest absolute Gasteiger partial charge is 0.493 e. The first-order valence-corrected chi connectivity index (χ1v) is 10.4. The molecule has 1 aliphatic rings. The van der Waals surface area contributed by atoms with E-state index in [4.69, 9.17) is 32.7 Å². The summed E-state index contributed by atoms with van der Waals surface area (Å²) in [5.41, 5.74) is 4.88. The second-order valence-corrected chi connectivity index (χ2v) is 8.16. The van der Waals surface area contributed by atoms with Crippen LogP contribution in [-0.2, 0) is 13.0 Å². The summed E-state index contributed by atoms with van der Waals surface area (Å²) in [6.45, 7) is 1.83. The smallest absolute Gasteiger partial charge is 0.161 e. The highest BCUT2D eigenvalue weighted by Gasteiger charge is 2.34. The van der Waals surface area contributed by atoms with Gasteiger partial charge in [0, 0.05) is 33.2 Å². The van der Waals surface area contributed by atoms with Crippen LogP contribution in [0.15, 0.2) is 60.7 Å². The third-order valence-electron chi connectivity index (χ3n) is 5.64. The standard InChI is InChI=1S/C24H23Cl2NO2/c1-28-22-13-16-10-11-27(15-18-6-3-4-9-21(18)26)24(20(16)14-23(22)29-2)17-7-5-8-19(25)12-17/h3-9,12-14,24H,10-11,15H2,1-2H3/p+1/t24-/m1/s1. The highest BCUT2D eigenvalue weighted by atomic mass is 35.5. The van der Waals surface area contributed by atoms with Gasteiger partial charge in [0.25, 0.3) is 0 Å². The van der Waals surface area contributed by atoms with Crippen molar-refractivity contribution in [2.24, 2.45) is 0 Å². The molecule has 0 saturated heterocycles. The molecule has 0 spiro atoms. The summed E-state index contributed by atoms with van der Waals surface area (Å²) in [6.07, 6.45) is 0.965. The van der Waals surface area contributed by atoms with E-state index in [-0.39, 0.29) is 6.04 Å². The van der Waals surface area contributed by atoms with Gasteiger partial charge in [0.05, 0.1) is 20.8 Å². The maximum Gasteiger partial charge on any atom is 0.161 e. The Hall–Kier alpha value is -2.20. The predicted octanol–water partition coefficient (Wildman–Crippen LogP) is 4.74. The van der Waals surface area contributed by atoms with Crippen molar-refractivity contribution in [3.05, 3.63) is 93.0 Å². The number of nitrogens with one attached hydrogen (secondary N) is 1. The van der Waals surface area contributed by atoms with Crippen LogP contribution in [-0.4, -0.2) is 20.8 Å². The molecule has 0 saturated carbocycles. The van der Waals surface area contributed by atoms with Gasteiger partial charge in [-0.25, -0.2) is 0 Å². The lowest BCUT2D eigenvalue weighted by molar-refractivity contribution is -0.941. The Labute approximate surface area is 181 Å². The SMILES string of the molecule is COc1cc2c(cc1OC)[C@@H](c1cccc(Cl)c1)[NH+](Cc1ccccc1Cl)CC2. The molecule has 2 atom stereocenters. The van der Waals surface area contributed by atoms with Crippen LogP contribution < -0.4 is 14.4 Å². The molecule has 0 aromatic heterocycles. The minimum Gasteiger partial charge on any atom is -0.493 e. The van der Waals surface area contributed by atoms with Crippen molar-refractivity contribution in [3.8, 4) is 11.5 Å². The Balaban J connectivity index is 1.82. The molecule has 1 unspecified atom stereocenters. The Morgan fingerprint density at radius 2 is 1.69 bits per heavy atom. The minimum absolute atomic E-state index is 0.133. The average Bonchev–Trinajstić information content (AvgIpc) is 2.74. The fourth-order valence-electron chi connectivity index (χ4n) is 4.26. The van der Waals surface area contributed by atoms with Crippen molar-refractivity contribution in [2.45, 2.75) is 19.0 Å². The molecule has 1 aliphatic heterocycles. The van der Waals surface area contributed by atoms with Crippen LogP contribution in [0.25, 0.3) is 0 Å². The maximum absolute atomic E-state index is 6.48. The summed E-state index contributed by atoms with van der Waals surface area (Å²) in [4.78, 5) is 1.43. The number of halogens is 2. The number of rotatable bonds is 5. The van der Waals surface area contributed by atoms with Gasteiger partial charge < -0.3 is 14.4 Å². The number of hydrogen-bond donors (Lipinski definition) is 1. The van der Waals surface area contributed by atoms with Gasteiger partial charge in [0.2, 0.25) is 0 Å². The van der Waals surface area contributed by atoms with Crippen LogP contribution in [0.2, 0.25) is 10.0 Å². The summed E-state index contributed by atoms with van der Waals surface area (Å²) < 4.78 is 11.1.